The highest BCUT2D eigenvalue weighted by Gasteiger charge is 2.32. The van der Waals surface area contributed by atoms with Crippen LogP contribution in [0.5, 0.6) is 17.2 Å². The fourth-order valence-corrected chi connectivity index (χ4v) is 4.62. The monoisotopic (exact) mass is 636 g/mol. The van der Waals surface area contributed by atoms with E-state index in [0.717, 1.165) is 15.6 Å². The molecule has 1 heterocycles. The zero-order chi connectivity index (χ0) is 30.1. The number of carbonyl (C=O) groups excluding carboxylic acids is 3. The van der Waals surface area contributed by atoms with Crippen LogP contribution < -0.4 is 30.3 Å². The highest BCUT2D eigenvalue weighted by Crippen LogP contribution is 2.34. The normalized spacial score (nSPS) is 14.6. The molecule has 0 aromatic heterocycles. The maximum atomic E-state index is 12.4. The molecule has 3 aromatic rings. The van der Waals surface area contributed by atoms with Crippen LogP contribution in [0, 0.1) is 0 Å². The molecule has 1 atom stereocenters. The number of allylic oxidation sites excluding steroid dienone is 1. The molecule has 0 aliphatic carbocycles. The Hall–Kier alpha value is -4.84. The Kier molecular flexibility index (Phi) is 10.2. The summed E-state index contributed by atoms with van der Waals surface area (Å²) in [4.78, 5) is 36.8. The molecule has 4 rings (SSSR count). The third-order valence-corrected chi connectivity index (χ3v) is 6.77. The van der Waals surface area contributed by atoms with Gasteiger partial charge in [-0.25, -0.2) is 15.0 Å². The molecule has 42 heavy (non-hydrogen) atoms. The van der Waals surface area contributed by atoms with E-state index in [1.165, 1.54) is 20.4 Å². The number of hydrazone groups is 1. The first-order valence-corrected chi connectivity index (χ1v) is 13.5. The number of hydrogen-bond donors (Lipinski definition) is 3. The van der Waals surface area contributed by atoms with Crippen molar-refractivity contribution >= 4 is 40.1 Å². The molecule has 0 saturated heterocycles. The van der Waals surface area contributed by atoms with Gasteiger partial charge in [0.15, 0.2) is 18.1 Å². The maximum Gasteiger partial charge on any atom is 0.337 e. The Morgan fingerprint density at radius 3 is 2.48 bits per heavy atom. The summed E-state index contributed by atoms with van der Waals surface area (Å²) in [6, 6.07) is 18.9. The molecule has 0 spiro atoms. The topological polar surface area (TPSA) is 137 Å². The molecule has 0 unspecified atom stereocenters. The minimum Gasteiger partial charge on any atom is -0.493 e. The molecule has 12 heteroatoms. The number of nitrogens with zero attached hydrogens (tertiary/aromatic N) is 1. The molecule has 3 amide bonds. The molecule has 218 valence electrons. The molecular weight excluding hydrogens is 608 g/mol. The van der Waals surface area contributed by atoms with Gasteiger partial charge in [-0.2, -0.15) is 5.10 Å². The first-order valence-electron chi connectivity index (χ1n) is 12.7. The summed E-state index contributed by atoms with van der Waals surface area (Å²) >= 11 is 3.50. The molecule has 0 fully saturated rings. The van der Waals surface area contributed by atoms with E-state index < -0.39 is 23.9 Å². The summed E-state index contributed by atoms with van der Waals surface area (Å²) in [6.45, 7) is 1.72. The summed E-state index contributed by atoms with van der Waals surface area (Å²) in [7, 11) is 2.70. The molecule has 3 aromatic carbocycles. The fourth-order valence-electron chi connectivity index (χ4n) is 4.11. The zero-order valence-corrected chi connectivity index (χ0v) is 24.7. The lowest BCUT2D eigenvalue weighted by molar-refractivity contribution is -0.136. The van der Waals surface area contributed by atoms with Gasteiger partial charge in [0.05, 0.1) is 36.5 Å². The largest absolute Gasteiger partial charge is 0.493 e. The van der Waals surface area contributed by atoms with Gasteiger partial charge in [0.1, 0.15) is 12.4 Å². The lowest BCUT2D eigenvalue weighted by Gasteiger charge is -2.28. The number of amides is 3. The number of nitrogens with one attached hydrogen (secondary N) is 3. The van der Waals surface area contributed by atoms with E-state index in [0.29, 0.717) is 29.4 Å². The predicted octanol–water partition coefficient (Wildman–Crippen LogP) is 4.37. The Morgan fingerprint density at radius 1 is 1.00 bits per heavy atom. The Balaban J connectivity index is 1.33. The van der Waals surface area contributed by atoms with E-state index >= 15 is 0 Å². The fraction of sp³-hybridized carbons (Fsp3) is 0.200. The highest BCUT2D eigenvalue weighted by molar-refractivity contribution is 9.10. The van der Waals surface area contributed by atoms with Crippen LogP contribution in [0.25, 0.3) is 0 Å². The zero-order valence-electron chi connectivity index (χ0n) is 23.1. The second kappa shape index (κ2) is 14.2. The first kappa shape index (κ1) is 30.1. The number of hydrogen-bond acceptors (Lipinski definition) is 8. The van der Waals surface area contributed by atoms with Crippen LogP contribution in [-0.4, -0.2) is 44.9 Å². The summed E-state index contributed by atoms with van der Waals surface area (Å²) in [5, 5.41) is 9.27. The second-order valence-electron chi connectivity index (χ2n) is 9.02. The SMILES string of the molecule is COC(=O)C1=C(C)NC(=O)N[C@H]1c1ccc(OCC(=O)N/N=C\c2ccc(OCc3ccccc3)c(Br)c2)c(OC)c1. The molecular formula is C30H29BrN4O7. The number of halogens is 1. The number of methoxy groups -OCH3 is 2. The van der Waals surface area contributed by atoms with E-state index in [-0.39, 0.29) is 17.9 Å². The quantitative estimate of drug-likeness (QED) is 0.161. The minimum atomic E-state index is -0.767. The number of benzene rings is 3. The molecule has 0 bridgehead atoms. The average Bonchev–Trinajstić information content (AvgIpc) is 2.99. The summed E-state index contributed by atoms with van der Waals surface area (Å²) in [5.41, 5.74) is 5.42. The van der Waals surface area contributed by atoms with Crippen molar-refractivity contribution in [2.24, 2.45) is 5.10 Å². The van der Waals surface area contributed by atoms with Crippen LogP contribution >= 0.6 is 15.9 Å². The van der Waals surface area contributed by atoms with E-state index in [1.54, 1.807) is 25.1 Å². The Bertz CT molecular complexity index is 1530. The molecule has 0 saturated carbocycles. The summed E-state index contributed by atoms with van der Waals surface area (Å²) < 4.78 is 22.5. The van der Waals surface area contributed by atoms with Crippen LogP contribution in [0.15, 0.2) is 87.6 Å². The van der Waals surface area contributed by atoms with Gasteiger partial charge in [0.2, 0.25) is 0 Å². The van der Waals surface area contributed by atoms with Crippen LogP contribution in [0.2, 0.25) is 0 Å². The van der Waals surface area contributed by atoms with Gasteiger partial charge in [0.25, 0.3) is 5.91 Å². The van der Waals surface area contributed by atoms with Crippen LogP contribution in [0.3, 0.4) is 0 Å². The third kappa shape index (κ3) is 7.67. The van der Waals surface area contributed by atoms with Crippen molar-refractivity contribution in [2.75, 3.05) is 20.8 Å². The molecule has 3 N–H and O–H groups in total. The standard InChI is InChI=1S/C30H29BrN4O7/c1-18-27(29(37)40-3)28(34-30(38)33-18)21-10-12-24(25(14-21)39-2)42-17-26(36)35-32-15-20-9-11-23(22(31)13-20)41-16-19-7-5-4-6-8-19/h4-15,28H,16-17H2,1-3H3,(H,35,36)(H2,33,34,38)/b32-15-/t28-/m0/s1. The Labute approximate surface area is 251 Å². The van der Waals surface area contributed by atoms with Crippen LogP contribution in [0.4, 0.5) is 4.79 Å². The molecule has 1 aliphatic rings. The van der Waals surface area contributed by atoms with E-state index in [4.69, 9.17) is 18.9 Å². The van der Waals surface area contributed by atoms with Gasteiger partial charge < -0.3 is 29.6 Å². The first-order chi connectivity index (χ1) is 20.3. The van der Waals surface area contributed by atoms with E-state index in [1.807, 2.05) is 48.5 Å². The summed E-state index contributed by atoms with van der Waals surface area (Å²) in [6.07, 6.45) is 1.50. The van der Waals surface area contributed by atoms with Crippen LogP contribution in [0.1, 0.15) is 29.7 Å². The lowest BCUT2D eigenvalue weighted by atomic mass is 9.95. The van der Waals surface area contributed by atoms with Gasteiger partial charge in [-0.3, -0.25) is 4.79 Å². The smallest absolute Gasteiger partial charge is 0.337 e. The van der Waals surface area contributed by atoms with Crippen molar-refractivity contribution in [1.82, 2.24) is 16.1 Å². The maximum absolute atomic E-state index is 12.4. The molecule has 1 aliphatic heterocycles. The third-order valence-electron chi connectivity index (χ3n) is 6.15. The number of ether oxygens (including phenoxy) is 4. The van der Waals surface area contributed by atoms with Gasteiger partial charge >= 0.3 is 12.0 Å². The predicted molar refractivity (Wildman–Crippen MR) is 158 cm³/mol. The van der Waals surface area contributed by atoms with E-state index in [9.17, 15) is 14.4 Å². The minimum absolute atomic E-state index is 0.256. The highest BCUT2D eigenvalue weighted by atomic mass is 79.9. The van der Waals surface area contributed by atoms with Gasteiger partial charge in [0, 0.05) is 5.70 Å². The molecule has 11 nitrogen and oxygen atoms in total. The molecule has 0 radical (unpaired) electrons. The van der Waals surface area contributed by atoms with Gasteiger partial charge in [-0.1, -0.05) is 36.4 Å². The van der Waals surface area contributed by atoms with Gasteiger partial charge in [-0.05, 0) is 69.9 Å². The van der Waals surface area contributed by atoms with Crippen molar-refractivity contribution in [3.05, 3.63) is 99.2 Å². The van der Waals surface area contributed by atoms with Crippen molar-refractivity contribution < 1.29 is 33.3 Å². The summed E-state index contributed by atoms with van der Waals surface area (Å²) in [5.74, 6) is 0.204. The van der Waals surface area contributed by atoms with Crippen LogP contribution in [-0.2, 0) is 20.9 Å². The van der Waals surface area contributed by atoms with Gasteiger partial charge in [-0.15, -0.1) is 0 Å². The number of carbonyl (C=O) groups is 3. The van der Waals surface area contributed by atoms with E-state index in [2.05, 4.69) is 37.1 Å². The van der Waals surface area contributed by atoms with Crippen molar-refractivity contribution in [3.8, 4) is 17.2 Å². The Morgan fingerprint density at radius 2 is 1.76 bits per heavy atom. The lowest BCUT2D eigenvalue weighted by Crippen LogP contribution is -2.45. The number of esters is 1. The second-order valence-corrected chi connectivity index (χ2v) is 9.87. The van der Waals surface area contributed by atoms with Crippen molar-refractivity contribution in [2.45, 2.75) is 19.6 Å². The number of rotatable bonds is 11. The average molecular weight is 637 g/mol. The van der Waals surface area contributed by atoms with Crippen molar-refractivity contribution in [1.29, 1.82) is 0 Å². The van der Waals surface area contributed by atoms with Crippen molar-refractivity contribution in [3.63, 3.8) is 0 Å². The number of urea groups is 1.